The van der Waals surface area contributed by atoms with Gasteiger partial charge < -0.3 is 5.11 Å². The molecule has 1 rings (SSSR count). The van der Waals surface area contributed by atoms with Crippen molar-refractivity contribution >= 4 is 33.5 Å². The normalized spacial score (nSPS) is 10.7. The molecule has 1 heterocycles. The maximum Gasteiger partial charge on any atom is 0.307 e. The van der Waals surface area contributed by atoms with E-state index in [1.807, 2.05) is 0 Å². The number of hydrogen-bond donors (Lipinski definition) is 1. The van der Waals surface area contributed by atoms with Crippen molar-refractivity contribution in [3.63, 3.8) is 0 Å². The molecule has 0 aliphatic carbocycles. The molecule has 15 heavy (non-hydrogen) atoms. The molecule has 1 aromatic heterocycles. The highest BCUT2D eigenvalue weighted by Crippen LogP contribution is 2.33. The van der Waals surface area contributed by atoms with E-state index in [0.29, 0.717) is 0 Å². The van der Waals surface area contributed by atoms with E-state index in [1.165, 1.54) is 0 Å². The lowest BCUT2D eigenvalue weighted by atomic mass is 10.1. The molecule has 82 valence electrons. The Morgan fingerprint density at radius 2 is 2.27 bits per heavy atom. The van der Waals surface area contributed by atoms with Gasteiger partial charge in [0.1, 0.15) is 4.60 Å². The minimum Gasteiger partial charge on any atom is -0.481 e. The zero-order chi connectivity index (χ0) is 11.6. The Kier molecular flexibility index (Phi) is 3.98. The summed E-state index contributed by atoms with van der Waals surface area (Å²) in [4.78, 5) is 14.1. The van der Waals surface area contributed by atoms with Crippen LogP contribution < -0.4 is 0 Å². The number of carboxylic acids is 1. The maximum absolute atomic E-state index is 12.6. The third-order valence-electron chi connectivity index (χ3n) is 1.67. The first kappa shape index (κ1) is 12.3. The van der Waals surface area contributed by atoms with Gasteiger partial charge in [-0.3, -0.25) is 4.79 Å². The van der Waals surface area contributed by atoms with Crippen molar-refractivity contribution in [3.8, 4) is 0 Å². The zero-order valence-electron chi connectivity index (χ0n) is 7.18. The number of pyridine rings is 1. The van der Waals surface area contributed by atoms with Gasteiger partial charge in [0.25, 0.3) is 6.43 Å². The zero-order valence-corrected chi connectivity index (χ0v) is 9.52. The first-order valence-corrected chi connectivity index (χ1v) is 4.93. The van der Waals surface area contributed by atoms with Gasteiger partial charge in [0.15, 0.2) is 0 Å². The second kappa shape index (κ2) is 4.85. The SMILES string of the molecule is O=C(O)Cc1c(Br)ncc(Cl)c1C(F)F. The molecule has 0 aliphatic heterocycles. The van der Waals surface area contributed by atoms with Gasteiger partial charge in [-0.25, -0.2) is 13.8 Å². The van der Waals surface area contributed by atoms with Crippen LogP contribution in [-0.2, 0) is 11.2 Å². The molecular weight excluding hydrogens is 295 g/mol. The van der Waals surface area contributed by atoms with Crippen molar-refractivity contribution in [1.82, 2.24) is 4.98 Å². The summed E-state index contributed by atoms with van der Waals surface area (Å²) >= 11 is 8.44. The molecule has 0 saturated carbocycles. The van der Waals surface area contributed by atoms with Crippen LogP contribution in [-0.4, -0.2) is 16.1 Å². The Hall–Kier alpha value is -0.750. The van der Waals surface area contributed by atoms with E-state index in [4.69, 9.17) is 16.7 Å². The number of carbonyl (C=O) groups is 1. The van der Waals surface area contributed by atoms with Crippen LogP contribution in [0.4, 0.5) is 8.78 Å². The number of nitrogens with zero attached hydrogens (tertiary/aromatic N) is 1. The molecule has 3 nitrogen and oxygen atoms in total. The van der Waals surface area contributed by atoms with E-state index in [1.54, 1.807) is 0 Å². The lowest BCUT2D eigenvalue weighted by molar-refractivity contribution is -0.136. The fourth-order valence-corrected chi connectivity index (χ4v) is 1.77. The number of alkyl halides is 2. The molecule has 0 aliphatic rings. The number of aromatic nitrogens is 1. The highest BCUT2D eigenvalue weighted by atomic mass is 79.9. The highest BCUT2D eigenvalue weighted by molar-refractivity contribution is 9.10. The van der Waals surface area contributed by atoms with E-state index >= 15 is 0 Å². The second-order valence-corrected chi connectivity index (χ2v) is 3.82. The molecule has 0 aromatic carbocycles. The van der Waals surface area contributed by atoms with E-state index < -0.39 is 24.4 Å². The summed E-state index contributed by atoms with van der Waals surface area (Å²) in [5, 5.41) is 8.32. The van der Waals surface area contributed by atoms with Gasteiger partial charge in [0.05, 0.1) is 11.4 Å². The number of hydrogen-bond acceptors (Lipinski definition) is 2. The topological polar surface area (TPSA) is 50.2 Å². The van der Waals surface area contributed by atoms with Gasteiger partial charge in [-0.05, 0) is 15.9 Å². The average Bonchev–Trinajstić information content (AvgIpc) is 2.10. The van der Waals surface area contributed by atoms with E-state index in [9.17, 15) is 13.6 Å². The largest absolute Gasteiger partial charge is 0.481 e. The van der Waals surface area contributed by atoms with E-state index in [2.05, 4.69) is 20.9 Å². The molecule has 0 amide bonds. The molecule has 0 radical (unpaired) electrons. The van der Waals surface area contributed by atoms with Crippen LogP contribution in [0.1, 0.15) is 17.6 Å². The Bertz CT molecular complexity index is 400. The van der Waals surface area contributed by atoms with Crippen molar-refractivity contribution in [2.24, 2.45) is 0 Å². The van der Waals surface area contributed by atoms with Gasteiger partial charge in [-0.1, -0.05) is 11.6 Å². The molecule has 0 spiro atoms. The predicted molar refractivity (Wildman–Crippen MR) is 53.2 cm³/mol. The van der Waals surface area contributed by atoms with Crippen LogP contribution in [0.5, 0.6) is 0 Å². The molecule has 1 aromatic rings. The van der Waals surface area contributed by atoms with Crippen LogP contribution in [0, 0.1) is 0 Å². The van der Waals surface area contributed by atoms with Gasteiger partial charge >= 0.3 is 5.97 Å². The quantitative estimate of drug-likeness (QED) is 0.873. The van der Waals surface area contributed by atoms with Crippen molar-refractivity contribution in [2.45, 2.75) is 12.8 Å². The molecule has 0 atom stereocenters. The molecule has 0 fully saturated rings. The minimum atomic E-state index is -2.83. The van der Waals surface area contributed by atoms with Crippen LogP contribution in [0.3, 0.4) is 0 Å². The Morgan fingerprint density at radius 1 is 1.67 bits per heavy atom. The lowest BCUT2D eigenvalue weighted by Gasteiger charge is -2.10. The third-order valence-corrected chi connectivity index (χ3v) is 2.65. The standard InChI is InChI=1S/C8H5BrClF2NO2/c9-7-3(1-5(14)15)6(8(11)12)4(10)2-13-7/h2,8H,1H2,(H,14,15). The number of halogens is 4. The smallest absolute Gasteiger partial charge is 0.307 e. The molecular formula is C8H5BrClF2NO2. The highest BCUT2D eigenvalue weighted by Gasteiger charge is 2.21. The average molecular weight is 300 g/mol. The molecule has 0 saturated heterocycles. The van der Waals surface area contributed by atoms with Crippen molar-refractivity contribution < 1.29 is 18.7 Å². The van der Waals surface area contributed by atoms with Crippen LogP contribution in [0.2, 0.25) is 5.02 Å². The molecule has 0 unspecified atom stereocenters. The van der Waals surface area contributed by atoms with Gasteiger partial charge in [0.2, 0.25) is 0 Å². The predicted octanol–water partition coefficient (Wildman–Crippen LogP) is 3.06. The minimum absolute atomic E-state index is 0.0737. The van der Waals surface area contributed by atoms with Crippen molar-refractivity contribution in [3.05, 3.63) is 26.9 Å². The first-order valence-electron chi connectivity index (χ1n) is 3.76. The Labute approximate surface area is 97.2 Å². The van der Waals surface area contributed by atoms with Crippen LogP contribution in [0.25, 0.3) is 0 Å². The lowest BCUT2D eigenvalue weighted by Crippen LogP contribution is -2.06. The molecule has 1 N–H and O–H groups in total. The summed E-state index contributed by atoms with van der Waals surface area (Å²) in [5.74, 6) is -1.22. The van der Waals surface area contributed by atoms with Gasteiger partial charge in [-0.15, -0.1) is 0 Å². The van der Waals surface area contributed by atoms with Crippen molar-refractivity contribution in [2.75, 3.05) is 0 Å². The Morgan fingerprint density at radius 3 is 2.73 bits per heavy atom. The van der Waals surface area contributed by atoms with Crippen molar-refractivity contribution in [1.29, 1.82) is 0 Å². The fraction of sp³-hybridized carbons (Fsp3) is 0.250. The van der Waals surface area contributed by atoms with Gasteiger partial charge in [-0.2, -0.15) is 0 Å². The summed E-state index contributed by atoms with van der Waals surface area (Å²) in [6, 6.07) is 0. The molecule has 0 bridgehead atoms. The number of rotatable bonds is 3. The number of carboxylic acid groups (broad SMARTS) is 1. The fourth-order valence-electron chi connectivity index (χ4n) is 1.07. The monoisotopic (exact) mass is 299 g/mol. The molecule has 7 heteroatoms. The number of aliphatic carboxylic acids is 1. The van der Waals surface area contributed by atoms with Crippen LogP contribution in [0.15, 0.2) is 10.8 Å². The summed E-state index contributed by atoms with van der Waals surface area (Å²) in [5.41, 5.74) is -0.578. The van der Waals surface area contributed by atoms with E-state index in [0.717, 1.165) is 6.20 Å². The Balaban J connectivity index is 3.31. The third kappa shape index (κ3) is 2.85. The second-order valence-electron chi connectivity index (χ2n) is 2.66. The van der Waals surface area contributed by atoms with Crippen LogP contribution >= 0.6 is 27.5 Å². The first-order chi connectivity index (χ1) is 6.93. The summed E-state index contributed by atoms with van der Waals surface area (Å²) in [6.45, 7) is 0. The maximum atomic E-state index is 12.6. The summed E-state index contributed by atoms with van der Waals surface area (Å²) in [7, 11) is 0. The van der Waals surface area contributed by atoms with Gasteiger partial charge in [0, 0.05) is 17.3 Å². The van der Waals surface area contributed by atoms with E-state index in [-0.39, 0.29) is 15.2 Å². The summed E-state index contributed by atoms with van der Waals surface area (Å²) in [6.07, 6.45) is -2.32. The summed E-state index contributed by atoms with van der Waals surface area (Å²) < 4.78 is 25.3.